The molecule has 166 valence electrons. The number of carbonyl (C=O) groups is 1. The molecule has 0 saturated carbocycles. The zero-order chi connectivity index (χ0) is 23.6. The monoisotopic (exact) mass is 515 g/mol. The summed E-state index contributed by atoms with van der Waals surface area (Å²) in [6.07, 6.45) is 1.66. The van der Waals surface area contributed by atoms with Crippen LogP contribution < -0.4 is 5.32 Å². The summed E-state index contributed by atoms with van der Waals surface area (Å²) in [5, 5.41) is 4.55. The first-order valence-electron chi connectivity index (χ1n) is 9.65. The van der Waals surface area contributed by atoms with Crippen molar-refractivity contribution in [1.82, 2.24) is 4.98 Å². The van der Waals surface area contributed by atoms with E-state index in [-0.39, 0.29) is 0 Å². The Bertz CT molecular complexity index is 1250. The molecule has 0 fully saturated rings. The van der Waals surface area contributed by atoms with E-state index in [1.165, 1.54) is 0 Å². The molecule has 1 aliphatic heterocycles. The number of hydrogen-bond acceptors (Lipinski definition) is 4. The summed E-state index contributed by atoms with van der Waals surface area (Å²) >= 11 is 22.7. The molecule has 5 rings (SSSR count). The van der Waals surface area contributed by atoms with Crippen molar-refractivity contribution in [2.45, 2.75) is 0 Å². The average Bonchev–Trinajstić information content (AvgIpc) is 2.96. The molecule has 1 aliphatic rings. The molecule has 1 aromatic heterocycles. The largest absolute Gasteiger partial charge is 0.353 e. The van der Waals surface area contributed by atoms with Gasteiger partial charge in [0.25, 0.3) is 5.24 Å². The average molecular weight is 517 g/mol. The third-order valence-corrected chi connectivity index (χ3v) is 5.19. The number of nitrogens with one attached hydrogen (secondary N) is 1. The van der Waals surface area contributed by atoms with E-state index in [0.29, 0.717) is 20.9 Å². The minimum atomic E-state index is -0.407. The van der Waals surface area contributed by atoms with Crippen LogP contribution in [0.25, 0.3) is 0 Å². The molecular formula is C25H17Cl4N3O. The van der Waals surface area contributed by atoms with Crippen LogP contribution in [-0.4, -0.2) is 15.4 Å². The number of pyridine rings is 1. The second-order valence-corrected chi connectivity index (χ2v) is 8.05. The van der Waals surface area contributed by atoms with Gasteiger partial charge < -0.3 is 5.32 Å². The Kier molecular flexibility index (Phi) is 9.28. The number of hydrogen-bond donors (Lipinski definition) is 1. The maximum absolute atomic E-state index is 10.4. The predicted molar refractivity (Wildman–Crippen MR) is 139 cm³/mol. The molecule has 4 nitrogen and oxygen atoms in total. The molecule has 0 amide bonds. The van der Waals surface area contributed by atoms with E-state index < -0.39 is 5.24 Å². The molecule has 0 saturated heterocycles. The van der Waals surface area contributed by atoms with E-state index in [0.717, 1.165) is 22.6 Å². The molecule has 8 heteroatoms. The number of anilines is 2. The van der Waals surface area contributed by atoms with Gasteiger partial charge in [-0.15, -0.1) is 0 Å². The number of aliphatic imine (C=N–C) groups is 1. The zero-order valence-electron chi connectivity index (χ0n) is 17.1. The van der Waals surface area contributed by atoms with Crippen LogP contribution >= 0.6 is 46.4 Å². The molecule has 0 unspecified atom stereocenters. The molecule has 4 aromatic rings. The van der Waals surface area contributed by atoms with Gasteiger partial charge in [0.1, 0.15) is 10.3 Å². The van der Waals surface area contributed by atoms with Gasteiger partial charge in [0, 0.05) is 28.0 Å². The lowest BCUT2D eigenvalue weighted by Crippen LogP contribution is -1.95. The predicted octanol–water partition coefficient (Wildman–Crippen LogP) is 8.51. The third-order valence-electron chi connectivity index (χ3n) is 4.23. The first-order chi connectivity index (χ1) is 15.9. The lowest BCUT2D eigenvalue weighted by Gasteiger charge is -2.08. The highest BCUT2D eigenvalue weighted by molar-refractivity contribution is 6.70. The van der Waals surface area contributed by atoms with Crippen LogP contribution in [0.2, 0.25) is 10.2 Å². The lowest BCUT2D eigenvalue weighted by atomic mass is 10.2. The highest BCUT2D eigenvalue weighted by Crippen LogP contribution is 2.36. The minimum absolute atomic E-state index is 0.407. The molecule has 0 spiro atoms. The highest BCUT2D eigenvalue weighted by Gasteiger charge is 2.14. The van der Waals surface area contributed by atoms with E-state index in [4.69, 9.17) is 46.4 Å². The van der Waals surface area contributed by atoms with Gasteiger partial charge >= 0.3 is 0 Å². The normalized spacial score (nSPS) is 11.0. The summed E-state index contributed by atoms with van der Waals surface area (Å²) in [4.78, 5) is 18.5. The van der Waals surface area contributed by atoms with E-state index in [9.17, 15) is 4.79 Å². The zero-order valence-corrected chi connectivity index (χ0v) is 20.1. The van der Waals surface area contributed by atoms with Gasteiger partial charge in [0.2, 0.25) is 0 Å². The smallest absolute Gasteiger partial charge is 0.252 e. The van der Waals surface area contributed by atoms with E-state index in [1.807, 2.05) is 54.6 Å². The molecule has 0 bridgehead atoms. The first-order valence-corrected chi connectivity index (χ1v) is 11.2. The van der Waals surface area contributed by atoms with Crippen molar-refractivity contribution in [3.05, 3.63) is 118 Å². The van der Waals surface area contributed by atoms with Crippen LogP contribution in [0.5, 0.6) is 0 Å². The lowest BCUT2D eigenvalue weighted by molar-refractivity contribution is 0.108. The number of aromatic nitrogens is 1. The van der Waals surface area contributed by atoms with Gasteiger partial charge in [-0.2, -0.15) is 0 Å². The molecule has 0 radical (unpaired) electrons. The fourth-order valence-corrected chi connectivity index (χ4v) is 3.37. The van der Waals surface area contributed by atoms with Crippen LogP contribution in [0, 0.1) is 0 Å². The Labute approximate surface area is 211 Å². The Balaban J connectivity index is 0.000000160. The third kappa shape index (κ3) is 7.58. The number of benzene rings is 3. The van der Waals surface area contributed by atoms with Crippen molar-refractivity contribution >= 4 is 73.9 Å². The van der Waals surface area contributed by atoms with Crippen molar-refractivity contribution in [1.29, 1.82) is 0 Å². The highest BCUT2D eigenvalue weighted by atomic mass is 35.5. The van der Waals surface area contributed by atoms with Gasteiger partial charge in [-0.05, 0) is 54.1 Å². The summed E-state index contributed by atoms with van der Waals surface area (Å²) in [5.74, 6) is 0. The Morgan fingerprint density at radius 3 is 2.06 bits per heavy atom. The Morgan fingerprint density at radius 1 is 0.758 bits per heavy atom. The van der Waals surface area contributed by atoms with Crippen molar-refractivity contribution in [2.75, 3.05) is 5.32 Å². The minimum Gasteiger partial charge on any atom is -0.353 e. The molecule has 33 heavy (non-hydrogen) atoms. The Hall–Kier alpha value is -2.89. The molecular weight excluding hydrogens is 500 g/mol. The molecule has 0 aliphatic carbocycles. The number of rotatable bonds is 1. The molecule has 1 N–H and O–H groups in total. The maximum atomic E-state index is 10.4. The van der Waals surface area contributed by atoms with Crippen molar-refractivity contribution in [2.24, 2.45) is 4.99 Å². The first kappa shape index (κ1) is 24.7. The quantitative estimate of drug-likeness (QED) is 0.204. The van der Waals surface area contributed by atoms with Crippen molar-refractivity contribution in [3.8, 4) is 0 Å². The number of halogens is 4. The fourth-order valence-electron chi connectivity index (χ4n) is 2.70. The second-order valence-electron chi connectivity index (χ2n) is 6.53. The van der Waals surface area contributed by atoms with Gasteiger partial charge in [-0.1, -0.05) is 83.3 Å². The summed E-state index contributed by atoms with van der Waals surface area (Å²) in [7, 11) is 0. The van der Waals surface area contributed by atoms with Crippen LogP contribution in [0.15, 0.2) is 102 Å². The molecule has 2 heterocycles. The topological polar surface area (TPSA) is 54.4 Å². The SMILES string of the molecule is ClC1=Nc2cc(Cl)ccc2Nc2ccccc21.Clc1ccccn1.O=C(Cl)c1ccccc1. The van der Waals surface area contributed by atoms with Gasteiger partial charge in [-0.25, -0.2) is 9.98 Å². The number of para-hydroxylation sites is 1. The number of nitrogens with zero attached hydrogens (tertiary/aromatic N) is 2. The number of carbonyl (C=O) groups excluding carboxylic acids is 1. The summed E-state index contributed by atoms with van der Waals surface area (Å²) < 4.78 is 0. The van der Waals surface area contributed by atoms with E-state index >= 15 is 0 Å². The summed E-state index contributed by atoms with van der Waals surface area (Å²) in [6, 6.07) is 27.4. The van der Waals surface area contributed by atoms with Crippen molar-refractivity contribution in [3.63, 3.8) is 0 Å². The van der Waals surface area contributed by atoms with Gasteiger partial charge in [0.05, 0.1) is 11.4 Å². The van der Waals surface area contributed by atoms with Crippen LogP contribution in [0.3, 0.4) is 0 Å². The second kappa shape index (κ2) is 12.4. The van der Waals surface area contributed by atoms with Gasteiger partial charge in [0.15, 0.2) is 0 Å². The summed E-state index contributed by atoms with van der Waals surface area (Å²) in [5.41, 5.74) is 4.03. The summed E-state index contributed by atoms with van der Waals surface area (Å²) in [6.45, 7) is 0. The van der Waals surface area contributed by atoms with Crippen molar-refractivity contribution < 1.29 is 4.79 Å². The van der Waals surface area contributed by atoms with E-state index in [2.05, 4.69) is 15.3 Å². The van der Waals surface area contributed by atoms with Crippen LogP contribution in [-0.2, 0) is 0 Å². The maximum Gasteiger partial charge on any atom is 0.252 e. The fraction of sp³-hybridized carbons (Fsp3) is 0. The molecule has 3 aromatic carbocycles. The van der Waals surface area contributed by atoms with Crippen LogP contribution in [0.4, 0.5) is 17.1 Å². The number of fused-ring (bicyclic) bond motifs is 2. The Morgan fingerprint density at radius 2 is 1.45 bits per heavy atom. The standard InChI is InChI=1S/C13H8Cl2N2.C7H5ClO.C5H4ClN/c14-8-5-6-11-12(7-8)17-13(15)9-3-1-2-4-10(9)16-11;8-7(9)6-4-2-1-3-5-6;6-5-3-1-2-4-7-5/h1-7,16H;1-5H;1-4H. The van der Waals surface area contributed by atoms with Crippen LogP contribution in [0.1, 0.15) is 15.9 Å². The van der Waals surface area contributed by atoms with Gasteiger partial charge in [-0.3, -0.25) is 4.79 Å². The molecule has 0 atom stereocenters. The van der Waals surface area contributed by atoms with E-state index in [1.54, 1.807) is 42.6 Å².